The molecule has 0 aliphatic rings. The van der Waals surface area contributed by atoms with Crippen LogP contribution in [0.25, 0.3) is 15.9 Å². The molecule has 0 saturated carbocycles. The number of aromatic carboxylic acids is 1. The number of benzene rings is 1. The Balaban J connectivity index is 2.21. The fourth-order valence-corrected chi connectivity index (χ4v) is 2.63. The van der Waals surface area contributed by atoms with Crippen LogP contribution in [0.4, 0.5) is 0 Å². The van der Waals surface area contributed by atoms with Gasteiger partial charge in [0.2, 0.25) is 0 Å². The lowest BCUT2D eigenvalue weighted by molar-refractivity contribution is 0.0702. The van der Waals surface area contributed by atoms with E-state index in [9.17, 15) is 4.79 Å². The minimum atomic E-state index is -0.897. The van der Waals surface area contributed by atoms with Crippen LogP contribution in [0.5, 0.6) is 0 Å². The maximum Gasteiger partial charge on any atom is 0.345 e. The van der Waals surface area contributed by atoms with Crippen LogP contribution in [0.1, 0.15) is 9.67 Å². The van der Waals surface area contributed by atoms with E-state index in [2.05, 4.69) is 5.10 Å². The Hall–Kier alpha value is -2.14. The van der Waals surface area contributed by atoms with Crippen molar-refractivity contribution in [2.75, 3.05) is 0 Å². The average Bonchev–Trinajstić information content (AvgIpc) is 2.89. The second-order valence-electron chi connectivity index (χ2n) is 3.57. The molecule has 0 aliphatic heterocycles. The van der Waals surface area contributed by atoms with Gasteiger partial charge in [0.05, 0.1) is 11.9 Å². The molecule has 84 valence electrons. The standard InChI is InChI=1S/C12H8N2O2S/c15-12(16)10-6-8-7-13-14(11(8)17-10)9-4-2-1-3-5-9/h1-7H,(H,15,16). The van der Waals surface area contributed by atoms with E-state index in [0.717, 1.165) is 15.9 Å². The predicted octanol–water partition coefficient (Wildman–Crippen LogP) is 2.79. The predicted molar refractivity (Wildman–Crippen MR) is 65.9 cm³/mol. The summed E-state index contributed by atoms with van der Waals surface area (Å²) in [7, 11) is 0. The van der Waals surface area contributed by atoms with E-state index in [0.29, 0.717) is 4.88 Å². The zero-order chi connectivity index (χ0) is 11.8. The van der Waals surface area contributed by atoms with Gasteiger partial charge in [-0.2, -0.15) is 5.10 Å². The molecular weight excluding hydrogens is 236 g/mol. The third-order valence-electron chi connectivity index (χ3n) is 2.46. The van der Waals surface area contributed by atoms with E-state index >= 15 is 0 Å². The molecule has 4 nitrogen and oxygen atoms in total. The van der Waals surface area contributed by atoms with E-state index in [1.165, 1.54) is 11.3 Å². The number of hydrogen-bond acceptors (Lipinski definition) is 3. The largest absolute Gasteiger partial charge is 0.477 e. The molecule has 3 rings (SSSR count). The van der Waals surface area contributed by atoms with Gasteiger partial charge in [-0.15, -0.1) is 11.3 Å². The van der Waals surface area contributed by atoms with E-state index in [1.807, 2.05) is 30.3 Å². The number of nitrogens with zero attached hydrogens (tertiary/aromatic N) is 2. The molecule has 17 heavy (non-hydrogen) atoms. The Bertz CT molecular complexity index is 685. The first-order valence-electron chi connectivity index (χ1n) is 5.02. The summed E-state index contributed by atoms with van der Waals surface area (Å²) in [5, 5.41) is 14.1. The van der Waals surface area contributed by atoms with Crippen molar-refractivity contribution in [3.63, 3.8) is 0 Å². The fourth-order valence-electron chi connectivity index (χ4n) is 1.68. The molecule has 0 amide bonds. The molecule has 0 atom stereocenters. The molecular formula is C12H8N2O2S. The van der Waals surface area contributed by atoms with E-state index in [-0.39, 0.29) is 0 Å². The number of fused-ring (bicyclic) bond motifs is 1. The van der Waals surface area contributed by atoms with Crippen molar-refractivity contribution in [3.8, 4) is 5.69 Å². The number of aromatic nitrogens is 2. The molecule has 3 aromatic rings. The minimum absolute atomic E-state index is 0.335. The molecule has 0 fully saturated rings. The molecule has 2 aromatic heterocycles. The number of rotatable bonds is 2. The second-order valence-corrected chi connectivity index (χ2v) is 4.60. The van der Waals surface area contributed by atoms with Gasteiger partial charge >= 0.3 is 5.97 Å². The van der Waals surface area contributed by atoms with Gasteiger partial charge in [-0.05, 0) is 18.2 Å². The van der Waals surface area contributed by atoms with Gasteiger partial charge in [-0.3, -0.25) is 0 Å². The van der Waals surface area contributed by atoms with Gasteiger partial charge in [-0.1, -0.05) is 18.2 Å². The summed E-state index contributed by atoms with van der Waals surface area (Å²) in [6, 6.07) is 11.3. The number of carboxylic acid groups (broad SMARTS) is 1. The molecule has 0 radical (unpaired) electrons. The number of carboxylic acids is 1. The van der Waals surface area contributed by atoms with E-state index in [4.69, 9.17) is 5.11 Å². The van der Waals surface area contributed by atoms with Crippen LogP contribution in [0.2, 0.25) is 0 Å². The lowest BCUT2D eigenvalue weighted by atomic mass is 10.3. The lowest BCUT2D eigenvalue weighted by Crippen LogP contribution is -1.94. The highest BCUT2D eigenvalue weighted by Crippen LogP contribution is 2.27. The van der Waals surface area contributed by atoms with Crippen molar-refractivity contribution >= 4 is 27.5 Å². The topological polar surface area (TPSA) is 55.1 Å². The van der Waals surface area contributed by atoms with Crippen LogP contribution in [0.15, 0.2) is 42.6 Å². The Kier molecular flexibility index (Phi) is 2.19. The third-order valence-corrected chi connectivity index (χ3v) is 3.57. The first-order valence-corrected chi connectivity index (χ1v) is 5.83. The summed E-state index contributed by atoms with van der Waals surface area (Å²) < 4.78 is 1.76. The van der Waals surface area contributed by atoms with Gasteiger partial charge in [0.1, 0.15) is 9.71 Å². The highest BCUT2D eigenvalue weighted by molar-refractivity contribution is 7.20. The molecule has 0 bridgehead atoms. The van der Waals surface area contributed by atoms with Crippen molar-refractivity contribution < 1.29 is 9.90 Å². The normalized spacial score (nSPS) is 10.8. The zero-order valence-corrected chi connectivity index (χ0v) is 9.52. The van der Waals surface area contributed by atoms with Gasteiger partial charge in [-0.25, -0.2) is 9.48 Å². The van der Waals surface area contributed by atoms with Crippen molar-refractivity contribution in [3.05, 3.63) is 47.5 Å². The summed E-state index contributed by atoms with van der Waals surface area (Å²) in [6.07, 6.45) is 1.69. The SMILES string of the molecule is O=C(O)c1cc2cnn(-c3ccccc3)c2s1. The average molecular weight is 244 g/mol. The smallest absolute Gasteiger partial charge is 0.345 e. The lowest BCUT2D eigenvalue weighted by Gasteiger charge is -2.00. The number of thiophene rings is 1. The summed E-state index contributed by atoms with van der Waals surface area (Å²) in [4.78, 5) is 12.1. The van der Waals surface area contributed by atoms with Crippen LogP contribution in [0.3, 0.4) is 0 Å². The molecule has 0 unspecified atom stereocenters. The highest BCUT2D eigenvalue weighted by atomic mass is 32.1. The third kappa shape index (κ3) is 1.60. The molecule has 0 aliphatic carbocycles. The minimum Gasteiger partial charge on any atom is -0.477 e. The Morgan fingerprint density at radius 2 is 2.06 bits per heavy atom. The molecule has 2 heterocycles. The highest BCUT2D eigenvalue weighted by Gasteiger charge is 2.13. The van der Waals surface area contributed by atoms with Crippen LogP contribution in [-0.4, -0.2) is 20.9 Å². The number of carbonyl (C=O) groups is 1. The van der Waals surface area contributed by atoms with Crippen molar-refractivity contribution in [1.82, 2.24) is 9.78 Å². The Labute approximate surface area is 101 Å². The Morgan fingerprint density at radius 3 is 2.76 bits per heavy atom. The second kappa shape index (κ2) is 3.71. The van der Waals surface area contributed by atoms with Gasteiger partial charge in [0.25, 0.3) is 0 Å². The van der Waals surface area contributed by atoms with Crippen molar-refractivity contribution in [2.45, 2.75) is 0 Å². The molecule has 5 heteroatoms. The van der Waals surface area contributed by atoms with Crippen LogP contribution < -0.4 is 0 Å². The molecule has 1 aromatic carbocycles. The summed E-state index contributed by atoms with van der Waals surface area (Å²) >= 11 is 1.23. The van der Waals surface area contributed by atoms with Crippen LogP contribution in [0, 0.1) is 0 Å². The number of hydrogen-bond donors (Lipinski definition) is 1. The first-order chi connectivity index (χ1) is 8.25. The monoisotopic (exact) mass is 244 g/mol. The van der Waals surface area contributed by atoms with Crippen LogP contribution >= 0.6 is 11.3 Å². The van der Waals surface area contributed by atoms with Gasteiger partial charge in [0.15, 0.2) is 0 Å². The van der Waals surface area contributed by atoms with Crippen LogP contribution in [-0.2, 0) is 0 Å². The molecule has 1 N–H and O–H groups in total. The Morgan fingerprint density at radius 1 is 1.29 bits per heavy atom. The fraction of sp³-hybridized carbons (Fsp3) is 0. The van der Waals surface area contributed by atoms with Gasteiger partial charge in [0, 0.05) is 5.39 Å². The maximum absolute atomic E-state index is 10.9. The summed E-state index contributed by atoms with van der Waals surface area (Å²) in [6.45, 7) is 0. The summed E-state index contributed by atoms with van der Waals surface area (Å²) in [5.74, 6) is -0.897. The van der Waals surface area contributed by atoms with Crippen molar-refractivity contribution in [1.29, 1.82) is 0 Å². The number of para-hydroxylation sites is 1. The maximum atomic E-state index is 10.9. The molecule has 0 saturated heterocycles. The first kappa shape index (κ1) is 10.0. The van der Waals surface area contributed by atoms with Gasteiger partial charge < -0.3 is 5.11 Å². The quantitative estimate of drug-likeness (QED) is 0.754. The van der Waals surface area contributed by atoms with E-state index in [1.54, 1.807) is 16.9 Å². The van der Waals surface area contributed by atoms with E-state index < -0.39 is 5.97 Å². The van der Waals surface area contributed by atoms with Crippen molar-refractivity contribution in [2.24, 2.45) is 0 Å². The summed E-state index contributed by atoms with van der Waals surface area (Å²) in [5.41, 5.74) is 0.932. The zero-order valence-electron chi connectivity index (χ0n) is 8.70. The molecule has 0 spiro atoms.